The Morgan fingerprint density at radius 3 is 1.50 bits per heavy atom. The van der Waals surface area contributed by atoms with E-state index in [9.17, 15) is 28.0 Å². The Hall–Kier alpha value is -1.48. The Bertz CT molecular complexity index is 855. The van der Waals surface area contributed by atoms with E-state index in [1.165, 1.54) is 96.0 Å². The molecule has 0 saturated carbocycles. The van der Waals surface area contributed by atoms with E-state index < -0.39 is 40.0 Å². The standard InChI is InChI=1S/C36H67NO6S/c1-3-5-7-9-11-13-14-15-16-17-18-19-20-21-23-25-27-29-31-35(39)36(40)37-33(32-44(41,42)43)34(38)30-28-26-24-22-12-10-8-6-4-2/h4,6,12,22,28,30,33-35,38-39H,3,5,7-11,13-21,23-27,29,31-32H2,1-2H3,(H,37,40)(H,41,42,43)/b6-4+,22-12+,30-28+. The van der Waals surface area contributed by atoms with Crippen LogP contribution < -0.4 is 5.32 Å². The first kappa shape index (κ1) is 42.5. The lowest BCUT2D eigenvalue weighted by Crippen LogP contribution is -2.50. The molecule has 1 amide bonds. The molecule has 0 aromatic heterocycles. The van der Waals surface area contributed by atoms with Gasteiger partial charge in [-0.15, -0.1) is 0 Å². The Labute approximate surface area is 270 Å². The predicted octanol–water partition coefficient (Wildman–Crippen LogP) is 8.76. The maximum Gasteiger partial charge on any atom is 0.267 e. The lowest BCUT2D eigenvalue weighted by Gasteiger charge is -2.22. The van der Waals surface area contributed by atoms with Crippen molar-refractivity contribution in [2.24, 2.45) is 0 Å². The molecule has 44 heavy (non-hydrogen) atoms. The fourth-order valence-electron chi connectivity index (χ4n) is 5.26. The summed E-state index contributed by atoms with van der Waals surface area (Å²) in [5.74, 6) is -1.57. The van der Waals surface area contributed by atoms with E-state index in [1.54, 1.807) is 6.08 Å². The minimum Gasteiger partial charge on any atom is -0.387 e. The molecule has 0 aliphatic heterocycles. The molecule has 0 rings (SSSR count). The Morgan fingerprint density at radius 1 is 0.659 bits per heavy atom. The summed E-state index contributed by atoms with van der Waals surface area (Å²) < 4.78 is 32.2. The molecule has 0 spiro atoms. The third kappa shape index (κ3) is 29.2. The fraction of sp³-hybridized carbons (Fsp3) is 0.806. The van der Waals surface area contributed by atoms with E-state index in [-0.39, 0.29) is 6.42 Å². The molecule has 3 atom stereocenters. The molecule has 8 heteroatoms. The van der Waals surface area contributed by atoms with Crippen molar-refractivity contribution in [1.82, 2.24) is 5.32 Å². The molecular formula is C36H67NO6S. The molecule has 0 aromatic carbocycles. The minimum atomic E-state index is -4.44. The van der Waals surface area contributed by atoms with Crippen molar-refractivity contribution in [2.45, 2.75) is 180 Å². The van der Waals surface area contributed by atoms with Crippen LogP contribution in [0.3, 0.4) is 0 Å². The van der Waals surface area contributed by atoms with Crippen molar-refractivity contribution < 1.29 is 28.0 Å². The maximum atomic E-state index is 12.5. The van der Waals surface area contributed by atoms with Crippen LogP contribution >= 0.6 is 0 Å². The summed E-state index contributed by atoms with van der Waals surface area (Å²) in [6.45, 7) is 4.25. The lowest BCUT2D eigenvalue weighted by molar-refractivity contribution is -0.130. The topological polar surface area (TPSA) is 124 Å². The summed E-state index contributed by atoms with van der Waals surface area (Å²) in [5.41, 5.74) is 0. The molecule has 0 heterocycles. The molecule has 0 bridgehead atoms. The van der Waals surface area contributed by atoms with E-state index in [2.05, 4.69) is 24.4 Å². The highest BCUT2D eigenvalue weighted by Crippen LogP contribution is 2.15. The molecule has 7 nitrogen and oxygen atoms in total. The van der Waals surface area contributed by atoms with Crippen molar-refractivity contribution >= 4 is 16.0 Å². The highest BCUT2D eigenvalue weighted by Gasteiger charge is 2.27. The number of allylic oxidation sites excluding steroid dienone is 5. The van der Waals surface area contributed by atoms with Gasteiger partial charge in [0.25, 0.3) is 10.1 Å². The zero-order chi connectivity index (χ0) is 32.7. The van der Waals surface area contributed by atoms with E-state index >= 15 is 0 Å². The molecule has 3 unspecified atom stereocenters. The number of rotatable bonds is 31. The van der Waals surface area contributed by atoms with Gasteiger partial charge in [-0.3, -0.25) is 9.35 Å². The van der Waals surface area contributed by atoms with Gasteiger partial charge in [0.2, 0.25) is 5.91 Å². The summed E-state index contributed by atoms with van der Waals surface area (Å²) >= 11 is 0. The van der Waals surface area contributed by atoms with Crippen LogP contribution in [-0.4, -0.2) is 53.1 Å². The summed E-state index contributed by atoms with van der Waals surface area (Å²) in [7, 11) is -4.44. The van der Waals surface area contributed by atoms with E-state index in [0.717, 1.165) is 38.5 Å². The van der Waals surface area contributed by atoms with Crippen LogP contribution in [0.5, 0.6) is 0 Å². The van der Waals surface area contributed by atoms with Gasteiger partial charge in [0.15, 0.2) is 0 Å². The van der Waals surface area contributed by atoms with Crippen LogP contribution in [0.15, 0.2) is 36.5 Å². The Morgan fingerprint density at radius 2 is 1.07 bits per heavy atom. The van der Waals surface area contributed by atoms with Gasteiger partial charge in [-0.1, -0.05) is 159 Å². The smallest absolute Gasteiger partial charge is 0.267 e. The van der Waals surface area contributed by atoms with Crippen LogP contribution in [0.25, 0.3) is 0 Å². The van der Waals surface area contributed by atoms with Gasteiger partial charge >= 0.3 is 0 Å². The zero-order valence-corrected chi connectivity index (χ0v) is 29.0. The number of amides is 1. The number of nitrogens with one attached hydrogen (secondary N) is 1. The van der Waals surface area contributed by atoms with Gasteiger partial charge in [0, 0.05) is 0 Å². The van der Waals surface area contributed by atoms with E-state index in [4.69, 9.17) is 0 Å². The lowest BCUT2D eigenvalue weighted by atomic mass is 10.0. The van der Waals surface area contributed by atoms with Gasteiger partial charge in [-0.25, -0.2) is 0 Å². The summed E-state index contributed by atoms with van der Waals surface area (Å²) in [6.07, 6.45) is 35.2. The van der Waals surface area contributed by atoms with Crippen molar-refractivity contribution in [1.29, 1.82) is 0 Å². The van der Waals surface area contributed by atoms with Crippen molar-refractivity contribution in [3.8, 4) is 0 Å². The highest BCUT2D eigenvalue weighted by atomic mass is 32.2. The zero-order valence-electron chi connectivity index (χ0n) is 28.1. The first-order valence-electron chi connectivity index (χ1n) is 17.8. The second-order valence-corrected chi connectivity index (χ2v) is 13.8. The first-order chi connectivity index (χ1) is 21.2. The van der Waals surface area contributed by atoms with Gasteiger partial charge < -0.3 is 15.5 Å². The quantitative estimate of drug-likeness (QED) is 0.0341. The average Bonchev–Trinajstić information content (AvgIpc) is 2.98. The SMILES string of the molecule is C/C=C/CC/C=C/CC/C=C/C(O)C(CS(=O)(=O)O)NC(=O)C(O)CCCCCCCCCCCCCCCCCCCC. The van der Waals surface area contributed by atoms with Crippen LogP contribution in [-0.2, 0) is 14.9 Å². The molecule has 0 aliphatic rings. The Kier molecular flexibility index (Phi) is 29.2. The number of hydrogen-bond donors (Lipinski definition) is 4. The van der Waals surface area contributed by atoms with Crippen LogP contribution in [0, 0.1) is 0 Å². The number of unbranched alkanes of at least 4 members (excludes halogenated alkanes) is 19. The van der Waals surface area contributed by atoms with Crippen molar-refractivity contribution in [3.05, 3.63) is 36.5 Å². The van der Waals surface area contributed by atoms with Crippen molar-refractivity contribution in [3.63, 3.8) is 0 Å². The van der Waals surface area contributed by atoms with Gasteiger partial charge in [0.05, 0.1) is 17.9 Å². The third-order valence-electron chi connectivity index (χ3n) is 8.00. The van der Waals surface area contributed by atoms with Crippen LogP contribution in [0.4, 0.5) is 0 Å². The second-order valence-electron chi connectivity index (χ2n) is 12.3. The van der Waals surface area contributed by atoms with E-state index in [0.29, 0.717) is 12.8 Å². The molecule has 0 radical (unpaired) electrons. The number of aliphatic hydroxyl groups excluding tert-OH is 2. The second kappa shape index (κ2) is 30.2. The number of carbonyl (C=O) groups is 1. The third-order valence-corrected chi connectivity index (χ3v) is 8.78. The monoisotopic (exact) mass is 641 g/mol. The largest absolute Gasteiger partial charge is 0.387 e. The molecule has 0 aliphatic carbocycles. The number of hydrogen-bond acceptors (Lipinski definition) is 5. The highest BCUT2D eigenvalue weighted by molar-refractivity contribution is 7.85. The average molecular weight is 642 g/mol. The first-order valence-corrected chi connectivity index (χ1v) is 19.4. The predicted molar refractivity (Wildman–Crippen MR) is 185 cm³/mol. The maximum absolute atomic E-state index is 12.5. The number of carbonyl (C=O) groups excluding carboxylic acids is 1. The molecule has 0 saturated heterocycles. The molecule has 0 fully saturated rings. The molecule has 4 N–H and O–H groups in total. The molecular weight excluding hydrogens is 574 g/mol. The van der Waals surface area contributed by atoms with Gasteiger partial charge in [-0.05, 0) is 39.0 Å². The number of aliphatic hydroxyl groups is 2. The van der Waals surface area contributed by atoms with Gasteiger partial charge in [0.1, 0.15) is 6.10 Å². The van der Waals surface area contributed by atoms with Crippen molar-refractivity contribution in [2.75, 3.05) is 5.75 Å². The fourth-order valence-corrected chi connectivity index (χ4v) is 5.99. The summed E-state index contributed by atoms with van der Waals surface area (Å²) in [5, 5.41) is 23.2. The van der Waals surface area contributed by atoms with Crippen LogP contribution in [0.1, 0.15) is 162 Å². The van der Waals surface area contributed by atoms with Crippen LogP contribution in [0.2, 0.25) is 0 Å². The van der Waals surface area contributed by atoms with Gasteiger partial charge in [-0.2, -0.15) is 8.42 Å². The van der Waals surface area contributed by atoms with E-state index in [1.807, 2.05) is 19.1 Å². The Balaban J connectivity index is 4.03. The molecule has 0 aromatic rings. The molecule has 258 valence electrons. The summed E-state index contributed by atoms with van der Waals surface area (Å²) in [4.78, 5) is 12.5. The minimum absolute atomic E-state index is 0.273. The summed E-state index contributed by atoms with van der Waals surface area (Å²) in [6, 6.07) is -1.25. The normalized spacial score (nSPS) is 14.6.